The van der Waals surface area contributed by atoms with Crippen molar-refractivity contribution in [2.45, 2.75) is 297 Å². The maximum absolute atomic E-state index is 12.9. The summed E-state index contributed by atoms with van der Waals surface area (Å²) < 4.78 is 16.9. The van der Waals surface area contributed by atoms with Crippen molar-refractivity contribution < 1.29 is 28.6 Å². The summed E-state index contributed by atoms with van der Waals surface area (Å²) in [6, 6.07) is 0. The van der Waals surface area contributed by atoms with Gasteiger partial charge in [-0.05, 0) is 116 Å². The minimum Gasteiger partial charge on any atom is -0.462 e. The van der Waals surface area contributed by atoms with Crippen molar-refractivity contribution >= 4 is 17.9 Å². The van der Waals surface area contributed by atoms with Crippen LogP contribution in [0, 0.1) is 0 Å². The summed E-state index contributed by atoms with van der Waals surface area (Å²) in [5.74, 6) is -0.913. The smallest absolute Gasteiger partial charge is 0.306 e. The standard InChI is InChI=1S/C65H112O6/c1-4-7-10-13-16-19-22-25-28-31-32-35-37-40-43-46-49-52-55-58-64(67)70-61-62(71-65(68)59-56-53-50-47-44-41-38-34-30-27-24-21-18-15-12-9-6-3)60-69-63(66)57-54-51-48-45-42-39-36-33-29-26-23-20-17-14-11-8-5-2/h9,12,16,18-19,21,25-30,38,41,62H,4-8,10-11,13-15,17,20,22-24,31-37,39-40,42-61H2,1-3H3/b12-9-,19-16-,21-18-,28-25-,29-26-,30-27-,41-38-/t62-/m0/s1. The Bertz CT molecular complexity index is 1370. The lowest BCUT2D eigenvalue weighted by Crippen LogP contribution is -2.30. The van der Waals surface area contributed by atoms with Crippen LogP contribution < -0.4 is 0 Å². The molecule has 0 aliphatic carbocycles. The second-order valence-corrected chi connectivity index (χ2v) is 19.9. The number of allylic oxidation sites excluding steroid dienone is 14. The summed E-state index contributed by atoms with van der Waals surface area (Å²) in [5.41, 5.74) is 0. The van der Waals surface area contributed by atoms with Crippen molar-refractivity contribution in [1.29, 1.82) is 0 Å². The first-order valence-electron chi connectivity index (χ1n) is 30.1. The highest BCUT2D eigenvalue weighted by Crippen LogP contribution is 2.15. The van der Waals surface area contributed by atoms with Crippen molar-refractivity contribution in [3.8, 4) is 0 Å². The van der Waals surface area contributed by atoms with E-state index in [1.165, 1.54) is 148 Å². The zero-order chi connectivity index (χ0) is 51.4. The molecule has 1 atom stereocenters. The average Bonchev–Trinajstić information content (AvgIpc) is 3.37. The van der Waals surface area contributed by atoms with Crippen LogP contribution in [0.1, 0.15) is 290 Å². The van der Waals surface area contributed by atoms with Gasteiger partial charge in [-0.3, -0.25) is 14.4 Å². The molecule has 6 nitrogen and oxygen atoms in total. The number of esters is 3. The molecule has 0 aromatic carbocycles. The van der Waals surface area contributed by atoms with E-state index in [0.29, 0.717) is 19.3 Å². The second kappa shape index (κ2) is 59.2. The van der Waals surface area contributed by atoms with Crippen LogP contribution in [0.2, 0.25) is 0 Å². The third-order valence-electron chi connectivity index (χ3n) is 12.9. The SMILES string of the molecule is CC/C=C\C/C=C\C/C=C\C/C=C\CCCCCCC(=O)O[C@@H](COC(=O)CCCCCCCCC/C=C\CCCCCCCC)COC(=O)CCCCCCCCCCC/C=C\C/C=C\CCCCC. The first-order chi connectivity index (χ1) is 35.0. The molecule has 0 spiro atoms. The van der Waals surface area contributed by atoms with Crippen molar-refractivity contribution in [2.75, 3.05) is 13.2 Å². The van der Waals surface area contributed by atoms with Gasteiger partial charge in [-0.2, -0.15) is 0 Å². The van der Waals surface area contributed by atoms with Crippen LogP contribution in [0.5, 0.6) is 0 Å². The van der Waals surface area contributed by atoms with E-state index >= 15 is 0 Å². The fourth-order valence-corrected chi connectivity index (χ4v) is 8.34. The zero-order valence-corrected chi connectivity index (χ0v) is 46.7. The molecule has 0 aromatic rings. The number of ether oxygens (including phenoxy) is 3. The Labute approximate surface area is 439 Å². The molecule has 0 saturated carbocycles. The van der Waals surface area contributed by atoms with E-state index in [9.17, 15) is 14.4 Å². The monoisotopic (exact) mass is 989 g/mol. The van der Waals surface area contributed by atoms with Gasteiger partial charge in [-0.1, -0.05) is 241 Å². The maximum atomic E-state index is 12.9. The molecular weight excluding hydrogens is 877 g/mol. The van der Waals surface area contributed by atoms with E-state index < -0.39 is 6.10 Å². The van der Waals surface area contributed by atoms with Crippen LogP contribution in [0.3, 0.4) is 0 Å². The summed E-state index contributed by atoms with van der Waals surface area (Å²) in [4.78, 5) is 38.2. The van der Waals surface area contributed by atoms with Gasteiger partial charge in [0.15, 0.2) is 6.10 Å². The van der Waals surface area contributed by atoms with Gasteiger partial charge in [0.1, 0.15) is 13.2 Å². The first-order valence-corrected chi connectivity index (χ1v) is 30.1. The van der Waals surface area contributed by atoms with Gasteiger partial charge in [-0.25, -0.2) is 0 Å². The molecule has 0 saturated heterocycles. The first kappa shape index (κ1) is 67.6. The molecule has 0 N–H and O–H groups in total. The van der Waals surface area contributed by atoms with Crippen molar-refractivity contribution in [3.63, 3.8) is 0 Å². The predicted molar refractivity (Wildman–Crippen MR) is 307 cm³/mol. The topological polar surface area (TPSA) is 78.9 Å². The minimum atomic E-state index is -0.794. The van der Waals surface area contributed by atoms with E-state index in [1.807, 2.05) is 0 Å². The second-order valence-electron chi connectivity index (χ2n) is 19.9. The van der Waals surface area contributed by atoms with Crippen LogP contribution >= 0.6 is 0 Å². The molecule has 0 aromatic heterocycles. The number of carbonyl (C=O) groups excluding carboxylic acids is 3. The third-order valence-corrected chi connectivity index (χ3v) is 12.9. The van der Waals surface area contributed by atoms with E-state index in [1.54, 1.807) is 0 Å². The van der Waals surface area contributed by atoms with Crippen molar-refractivity contribution in [1.82, 2.24) is 0 Å². The number of unbranched alkanes of at least 4 members (excludes halogenated alkanes) is 29. The van der Waals surface area contributed by atoms with Crippen LogP contribution in [0.15, 0.2) is 85.1 Å². The largest absolute Gasteiger partial charge is 0.462 e. The van der Waals surface area contributed by atoms with Gasteiger partial charge in [0, 0.05) is 19.3 Å². The molecule has 0 aliphatic rings. The van der Waals surface area contributed by atoms with Crippen LogP contribution in [-0.2, 0) is 28.6 Å². The van der Waals surface area contributed by atoms with Crippen molar-refractivity contribution in [3.05, 3.63) is 85.1 Å². The van der Waals surface area contributed by atoms with Gasteiger partial charge in [0.05, 0.1) is 0 Å². The molecule has 0 heterocycles. The number of carbonyl (C=O) groups is 3. The summed E-state index contributed by atoms with van der Waals surface area (Å²) in [6.45, 7) is 6.49. The molecular formula is C65H112O6. The van der Waals surface area contributed by atoms with Gasteiger partial charge in [0.2, 0.25) is 0 Å². The predicted octanol–water partition coefficient (Wildman–Crippen LogP) is 20.3. The van der Waals surface area contributed by atoms with Gasteiger partial charge < -0.3 is 14.2 Å². The Morgan fingerprint density at radius 3 is 0.901 bits per heavy atom. The zero-order valence-electron chi connectivity index (χ0n) is 46.7. The lowest BCUT2D eigenvalue weighted by atomic mass is 10.1. The number of rotatable bonds is 54. The molecule has 0 unspecified atom stereocenters. The van der Waals surface area contributed by atoms with E-state index in [2.05, 4.69) is 106 Å². The molecule has 408 valence electrons. The van der Waals surface area contributed by atoms with E-state index in [-0.39, 0.29) is 31.1 Å². The Morgan fingerprint density at radius 2 is 0.549 bits per heavy atom. The van der Waals surface area contributed by atoms with Gasteiger partial charge >= 0.3 is 17.9 Å². The van der Waals surface area contributed by atoms with Crippen LogP contribution in [0.25, 0.3) is 0 Å². The molecule has 6 heteroatoms. The lowest BCUT2D eigenvalue weighted by molar-refractivity contribution is -0.167. The maximum Gasteiger partial charge on any atom is 0.306 e. The minimum absolute atomic E-state index is 0.0896. The molecule has 0 fully saturated rings. The normalized spacial score (nSPS) is 12.7. The number of hydrogen-bond acceptors (Lipinski definition) is 6. The Balaban J connectivity index is 4.43. The Morgan fingerprint density at radius 1 is 0.296 bits per heavy atom. The summed E-state index contributed by atoms with van der Waals surface area (Å²) in [6.07, 6.45) is 77.1. The summed E-state index contributed by atoms with van der Waals surface area (Å²) in [5, 5.41) is 0. The van der Waals surface area contributed by atoms with Gasteiger partial charge in [-0.15, -0.1) is 0 Å². The number of hydrogen-bond donors (Lipinski definition) is 0. The van der Waals surface area contributed by atoms with E-state index in [0.717, 1.165) is 103 Å². The molecule has 71 heavy (non-hydrogen) atoms. The fraction of sp³-hybridized carbons (Fsp3) is 0.738. The third kappa shape index (κ3) is 57.4. The molecule has 0 amide bonds. The summed E-state index contributed by atoms with van der Waals surface area (Å²) in [7, 11) is 0. The fourth-order valence-electron chi connectivity index (χ4n) is 8.34. The lowest BCUT2D eigenvalue weighted by Gasteiger charge is -2.18. The quantitative estimate of drug-likeness (QED) is 0.0261. The highest BCUT2D eigenvalue weighted by atomic mass is 16.6. The molecule has 0 rings (SSSR count). The van der Waals surface area contributed by atoms with Crippen LogP contribution in [-0.4, -0.2) is 37.2 Å². The van der Waals surface area contributed by atoms with E-state index in [4.69, 9.17) is 14.2 Å². The molecule has 0 radical (unpaired) electrons. The Kier molecular flexibility index (Phi) is 56.3. The average molecular weight is 990 g/mol. The highest BCUT2D eigenvalue weighted by molar-refractivity contribution is 5.71. The highest BCUT2D eigenvalue weighted by Gasteiger charge is 2.19. The molecule has 0 aliphatic heterocycles. The molecule has 0 bridgehead atoms. The van der Waals surface area contributed by atoms with Crippen molar-refractivity contribution in [2.24, 2.45) is 0 Å². The summed E-state index contributed by atoms with van der Waals surface area (Å²) >= 11 is 0. The Hall–Kier alpha value is -3.41. The van der Waals surface area contributed by atoms with Crippen LogP contribution in [0.4, 0.5) is 0 Å². The van der Waals surface area contributed by atoms with Gasteiger partial charge in [0.25, 0.3) is 0 Å².